The molecule has 0 bridgehead atoms. The van der Waals surface area contributed by atoms with E-state index in [2.05, 4.69) is 25.8 Å². The molecule has 1 aliphatic carbocycles. The zero-order valence-corrected chi connectivity index (χ0v) is 11.1. The molecule has 2 aliphatic rings. The molecular weight excluding hydrogens is 289 g/mol. The molecule has 0 spiro atoms. The van der Waals surface area contributed by atoms with Gasteiger partial charge >= 0.3 is 0 Å². The van der Waals surface area contributed by atoms with E-state index in [1.807, 2.05) is 6.07 Å². The second-order valence-electron chi connectivity index (χ2n) is 4.82. The number of hydrogen-bond acceptors (Lipinski definition) is 3. The molecule has 1 aliphatic heterocycles. The quantitative estimate of drug-likeness (QED) is 0.912. The van der Waals surface area contributed by atoms with Crippen LogP contribution in [-0.2, 0) is 0 Å². The Kier molecular flexibility index (Phi) is 2.42. The minimum Gasteiger partial charge on any atom is -0.352 e. The van der Waals surface area contributed by atoms with E-state index < -0.39 is 0 Å². The Balaban J connectivity index is 1.75. The van der Waals surface area contributed by atoms with E-state index in [1.165, 1.54) is 12.8 Å². The van der Waals surface area contributed by atoms with Gasteiger partial charge in [-0.05, 0) is 40.8 Å². The summed E-state index contributed by atoms with van der Waals surface area (Å²) in [5.41, 5.74) is 6.31. The number of hydrogen-bond donors (Lipinski definition) is 1. The summed E-state index contributed by atoms with van der Waals surface area (Å²) in [6.07, 6.45) is 4.34. The van der Waals surface area contributed by atoms with Crippen molar-refractivity contribution in [3.63, 3.8) is 0 Å². The highest BCUT2D eigenvalue weighted by atomic mass is 79.9. The zero-order valence-electron chi connectivity index (χ0n) is 8.79. The number of pyridine rings is 1. The monoisotopic (exact) mass is 301 g/mol. The molecule has 1 aromatic rings. The van der Waals surface area contributed by atoms with Gasteiger partial charge in [0.2, 0.25) is 0 Å². The molecule has 5 heteroatoms. The van der Waals surface area contributed by atoms with Crippen LogP contribution in [0.1, 0.15) is 12.8 Å². The van der Waals surface area contributed by atoms with Crippen LogP contribution in [0.4, 0.5) is 5.82 Å². The third-order valence-corrected chi connectivity index (χ3v) is 4.16. The SMILES string of the molecule is NC1(C2CC2)CN(c2ncc(Br)cc2Cl)C1. The van der Waals surface area contributed by atoms with Crippen LogP contribution in [0.25, 0.3) is 0 Å². The van der Waals surface area contributed by atoms with Crippen LogP contribution in [0, 0.1) is 5.92 Å². The van der Waals surface area contributed by atoms with Gasteiger partial charge in [0.15, 0.2) is 0 Å². The average Bonchev–Trinajstić information content (AvgIpc) is 2.97. The Morgan fingerprint density at radius 2 is 2.19 bits per heavy atom. The fraction of sp³-hybridized carbons (Fsp3) is 0.545. The molecule has 0 aromatic carbocycles. The molecule has 0 amide bonds. The van der Waals surface area contributed by atoms with Gasteiger partial charge in [0, 0.05) is 23.8 Å². The predicted octanol–water partition coefficient (Wildman–Crippen LogP) is 2.43. The van der Waals surface area contributed by atoms with Crippen molar-refractivity contribution in [2.24, 2.45) is 11.7 Å². The minimum absolute atomic E-state index is 0.0120. The Hall–Kier alpha value is -0.320. The first-order valence-corrected chi connectivity index (χ1v) is 6.60. The molecule has 3 nitrogen and oxygen atoms in total. The molecule has 3 rings (SSSR count). The summed E-state index contributed by atoms with van der Waals surface area (Å²) in [7, 11) is 0. The summed E-state index contributed by atoms with van der Waals surface area (Å²) in [5.74, 6) is 1.57. The Morgan fingerprint density at radius 1 is 1.50 bits per heavy atom. The van der Waals surface area contributed by atoms with E-state index in [4.69, 9.17) is 17.3 Å². The molecule has 2 heterocycles. The van der Waals surface area contributed by atoms with Crippen molar-refractivity contribution in [2.75, 3.05) is 18.0 Å². The standard InChI is InChI=1S/C11H13BrClN3/c12-8-3-9(13)10(15-4-8)16-5-11(14,6-16)7-1-2-7/h3-4,7H,1-2,5-6,14H2. The highest BCUT2D eigenvalue weighted by molar-refractivity contribution is 9.10. The van der Waals surface area contributed by atoms with E-state index >= 15 is 0 Å². The highest BCUT2D eigenvalue weighted by Gasteiger charge is 2.50. The molecule has 16 heavy (non-hydrogen) atoms. The van der Waals surface area contributed by atoms with Crippen LogP contribution in [0.2, 0.25) is 5.02 Å². The van der Waals surface area contributed by atoms with Crippen molar-refractivity contribution in [1.29, 1.82) is 0 Å². The fourth-order valence-electron chi connectivity index (χ4n) is 2.37. The number of rotatable bonds is 2. The van der Waals surface area contributed by atoms with Crippen molar-refractivity contribution < 1.29 is 0 Å². The maximum absolute atomic E-state index is 6.29. The van der Waals surface area contributed by atoms with Gasteiger partial charge in [0.25, 0.3) is 0 Å². The van der Waals surface area contributed by atoms with E-state index in [-0.39, 0.29) is 5.54 Å². The van der Waals surface area contributed by atoms with Crippen LogP contribution in [-0.4, -0.2) is 23.6 Å². The van der Waals surface area contributed by atoms with Crippen LogP contribution < -0.4 is 10.6 Å². The first-order chi connectivity index (χ1) is 7.58. The highest BCUT2D eigenvalue weighted by Crippen LogP contribution is 2.44. The minimum atomic E-state index is 0.0120. The van der Waals surface area contributed by atoms with Crippen LogP contribution >= 0.6 is 27.5 Å². The lowest BCUT2D eigenvalue weighted by Crippen LogP contribution is -2.69. The topological polar surface area (TPSA) is 42.1 Å². The van der Waals surface area contributed by atoms with Gasteiger partial charge in [-0.1, -0.05) is 11.6 Å². The largest absolute Gasteiger partial charge is 0.352 e. The van der Waals surface area contributed by atoms with Gasteiger partial charge in [-0.25, -0.2) is 4.98 Å². The smallest absolute Gasteiger partial charge is 0.147 e. The van der Waals surface area contributed by atoms with Gasteiger partial charge in [0.1, 0.15) is 5.82 Å². The fourth-order valence-corrected chi connectivity index (χ4v) is 3.12. The number of aromatic nitrogens is 1. The van der Waals surface area contributed by atoms with Crippen LogP contribution in [0.5, 0.6) is 0 Å². The summed E-state index contributed by atoms with van der Waals surface area (Å²) in [4.78, 5) is 6.50. The first kappa shape index (κ1) is 10.8. The predicted molar refractivity (Wildman–Crippen MR) is 68.8 cm³/mol. The first-order valence-electron chi connectivity index (χ1n) is 5.43. The third kappa shape index (κ3) is 1.73. The molecule has 1 saturated carbocycles. The number of anilines is 1. The summed E-state index contributed by atoms with van der Waals surface area (Å²) >= 11 is 9.50. The lowest BCUT2D eigenvalue weighted by molar-refractivity contribution is 0.289. The molecule has 0 unspecified atom stereocenters. The van der Waals surface area contributed by atoms with Crippen molar-refractivity contribution in [2.45, 2.75) is 18.4 Å². The average molecular weight is 303 g/mol. The maximum atomic E-state index is 6.29. The molecule has 1 aromatic heterocycles. The molecule has 0 radical (unpaired) electrons. The van der Waals surface area contributed by atoms with Crippen LogP contribution in [0.3, 0.4) is 0 Å². The number of nitrogens with two attached hydrogens (primary N) is 1. The van der Waals surface area contributed by atoms with E-state index in [1.54, 1.807) is 6.20 Å². The van der Waals surface area contributed by atoms with Gasteiger partial charge in [-0.15, -0.1) is 0 Å². The van der Waals surface area contributed by atoms with E-state index in [9.17, 15) is 0 Å². The summed E-state index contributed by atoms with van der Waals surface area (Å²) in [6.45, 7) is 1.76. The summed E-state index contributed by atoms with van der Waals surface area (Å²) in [6, 6.07) is 1.87. The maximum Gasteiger partial charge on any atom is 0.147 e. The third-order valence-electron chi connectivity index (χ3n) is 3.45. The normalized spacial score (nSPS) is 23.1. The van der Waals surface area contributed by atoms with Crippen molar-refractivity contribution in [3.05, 3.63) is 21.8 Å². The van der Waals surface area contributed by atoms with Gasteiger partial charge in [-0.3, -0.25) is 0 Å². The van der Waals surface area contributed by atoms with E-state index in [0.29, 0.717) is 5.02 Å². The summed E-state index contributed by atoms with van der Waals surface area (Å²) in [5, 5.41) is 0.687. The molecule has 2 N–H and O–H groups in total. The molecule has 2 fully saturated rings. The van der Waals surface area contributed by atoms with Gasteiger partial charge < -0.3 is 10.6 Å². The Bertz CT molecular complexity index is 427. The van der Waals surface area contributed by atoms with Crippen molar-refractivity contribution >= 4 is 33.3 Å². The molecule has 86 valence electrons. The second-order valence-corrected chi connectivity index (χ2v) is 6.15. The second kappa shape index (κ2) is 3.59. The number of halogens is 2. The summed E-state index contributed by atoms with van der Waals surface area (Å²) < 4.78 is 0.906. The van der Waals surface area contributed by atoms with E-state index in [0.717, 1.165) is 29.3 Å². The van der Waals surface area contributed by atoms with Gasteiger partial charge in [-0.2, -0.15) is 0 Å². The van der Waals surface area contributed by atoms with Crippen molar-refractivity contribution in [3.8, 4) is 0 Å². The Labute approximate surface area is 108 Å². The van der Waals surface area contributed by atoms with Gasteiger partial charge in [0.05, 0.1) is 10.6 Å². The molecule has 1 saturated heterocycles. The van der Waals surface area contributed by atoms with Crippen molar-refractivity contribution in [1.82, 2.24) is 4.98 Å². The molecule has 0 atom stereocenters. The molecular formula is C11H13BrClN3. The number of nitrogens with zero attached hydrogens (tertiary/aromatic N) is 2. The Morgan fingerprint density at radius 3 is 2.75 bits per heavy atom. The zero-order chi connectivity index (χ0) is 11.3. The van der Waals surface area contributed by atoms with Crippen LogP contribution in [0.15, 0.2) is 16.7 Å². The lowest BCUT2D eigenvalue weighted by Gasteiger charge is -2.49. The lowest BCUT2D eigenvalue weighted by atomic mass is 9.86.